The molecule has 120 valence electrons. The van der Waals surface area contributed by atoms with Gasteiger partial charge >= 0.3 is 6.03 Å². The highest BCUT2D eigenvalue weighted by molar-refractivity contribution is 9.10. The number of anilines is 1. The van der Waals surface area contributed by atoms with Gasteiger partial charge in [0.15, 0.2) is 0 Å². The van der Waals surface area contributed by atoms with Gasteiger partial charge in [-0.2, -0.15) is 0 Å². The Balaban J connectivity index is 1.66. The van der Waals surface area contributed by atoms with Crippen LogP contribution < -0.4 is 15.6 Å². The van der Waals surface area contributed by atoms with E-state index in [9.17, 15) is 19.2 Å². The second-order valence-corrected chi connectivity index (χ2v) is 6.22. The molecule has 2 aliphatic rings. The van der Waals surface area contributed by atoms with Crippen LogP contribution in [0.1, 0.15) is 6.42 Å². The van der Waals surface area contributed by atoms with Crippen LogP contribution >= 0.6 is 15.9 Å². The first-order valence-corrected chi connectivity index (χ1v) is 7.71. The molecule has 0 aliphatic carbocycles. The zero-order chi connectivity index (χ0) is 16.6. The van der Waals surface area contributed by atoms with Gasteiger partial charge in [0.1, 0.15) is 6.54 Å². The molecule has 2 fully saturated rings. The van der Waals surface area contributed by atoms with Gasteiger partial charge in [-0.05, 0) is 18.2 Å². The lowest BCUT2D eigenvalue weighted by Gasteiger charge is -2.19. The van der Waals surface area contributed by atoms with Gasteiger partial charge in [0, 0.05) is 23.1 Å². The lowest BCUT2D eigenvalue weighted by Crippen LogP contribution is -2.47. The molecule has 0 radical (unpaired) electrons. The SMILES string of the molecule is O=C1CN(NC(=O)[C@@H]2CC(=O)N(c3cccc(Br)c3)C2)C(=O)N1. The number of rotatable bonds is 3. The van der Waals surface area contributed by atoms with Crippen LogP contribution in [0.25, 0.3) is 0 Å². The molecule has 0 unspecified atom stereocenters. The number of carbonyl (C=O) groups excluding carboxylic acids is 4. The van der Waals surface area contributed by atoms with Gasteiger partial charge < -0.3 is 4.90 Å². The second kappa shape index (κ2) is 5.99. The van der Waals surface area contributed by atoms with Gasteiger partial charge in [0.05, 0.1) is 5.92 Å². The molecule has 0 aromatic heterocycles. The molecule has 2 aliphatic heterocycles. The van der Waals surface area contributed by atoms with E-state index in [4.69, 9.17) is 0 Å². The number of amides is 5. The Hall–Kier alpha value is -2.42. The summed E-state index contributed by atoms with van der Waals surface area (Å²) in [5.74, 6) is -1.68. The third-order valence-electron chi connectivity index (χ3n) is 3.65. The molecule has 8 nitrogen and oxygen atoms in total. The number of carbonyl (C=O) groups is 4. The third-order valence-corrected chi connectivity index (χ3v) is 4.15. The molecule has 0 bridgehead atoms. The number of nitrogens with zero attached hydrogens (tertiary/aromatic N) is 2. The zero-order valence-corrected chi connectivity index (χ0v) is 13.5. The summed E-state index contributed by atoms with van der Waals surface area (Å²) in [6.07, 6.45) is 0.0573. The Morgan fingerprint density at radius 1 is 1.30 bits per heavy atom. The molecule has 2 saturated heterocycles. The standard InChI is InChI=1S/C14H13BrN4O4/c15-9-2-1-3-10(5-9)18-6-8(4-12(18)21)13(22)17-19-7-11(20)16-14(19)23/h1-3,5,8H,4,6-7H2,(H,17,22)(H,16,20,23)/t8-/m1/s1. The smallest absolute Gasteiger partial charge is 0.312 e. The summed E-state index contributed by atoms with van der Waals surface area (Å²) in [7, 11) is 0. The van der Waals surface area contributed by atoms with Crippen LogP contribution in [0.5, 0.6) is 0 Å². The number of benzene rings is 1. The molecule has 2 N–H and O–H groups in total. The largest absolute Gasteiger partial charge is 0.343 e. The molecule has 1 atom stereocenters. The molecule has 2 heterocycles. The molecule has 1 aromatic carbocycles. The minimum absolute atomic E-state index is 0.0573. The van der Waals surface area contributed by atoms with Gasteiger partial charge in [0.25, 0.3) is 0 Å². The van der Waals surface area contributed by atoms with Crippen molar-refractivity contribution in [3.63, 3.8) is 0 Å². The summed E-state index contributed by atoms with van der Waals surface area (Å²) in [4.78, 5) is 48.4. The van der Waals surface area contributed by atoms with Crippen LogP contribution in [0.15, 0.2) is 28.7 Å². The first-order chi connectivity index (χ1) is 10.9. The van der Waals surface area contributed by atoms with Crippen molar-refractivity contribution in [1.29, 1.82) is 0 Å². The summed E-state index contributed by atoms with van der Waals surface area (Å²) in [5.41, 5.74) is 3.08. The van der Waals surface area contributed by atoms with Crippen LogP contribution in [0.2, 0.25) is 0 Å². The average molecular weight is 381 g/mol. The summed E-state index contributed by atoms with van der Waals surface area (Å²) >= 11 is 3.34. The molecule has 9 heteroatoms. The van der Waals surface area contributed by atoms with Gasteiger partial charge in [0.2, 0.25) is 17.7 Å². The number of halogens is 1. The predicted molar refractivity (Wildman–Crippen MR) is 83.0 cm³/mol. The van der Waals surface area contributed by atoms with E-state index in [1.165, 1.54) is 4.90 Å². The number of nitrogens with one attached hydrogen (secondary N) is 2. The Morgan fingerprint density at radius 3 is 2.74 bits per heavy atom. The maximum absolute atomic E-state index is 12.2. The lowest BCUT2D eigenvalue weighted by molar-refractivity contribution is -0.129. The summed E-state index contributed by atoms with van der Waals surface area (Å²) in [6.45, 7) is 0.00507. The topological polar surface area (TPSA) is 98.8 Å². The molecular weight excluding hydrogens is 368 g/mol. The van der Waals surface area contributed by atoms with Gasteiger partial charge in [-0.3, -0.25) is 25.1 Å². The molecule has 0 saturated carbocycles. The van der Waals surface area contributed by atoms with E-state index in [2.05, 4.69) is 26.7 Å². The summed E-state index contributed by atoms with van der Waals surface area (Å²) in [5, 5.41) is 2.98. The molecular formula is C14H13BrN4O4. The number of hydrogen-bond acceptors (Lipinski definition) is 4. The van der Waals surface area contributed by atoms with Crippen molar-refractivity contribution in [3.8, 4) is 0 Å². The Morgan fingerprint density at radius 2 is 2.09 bits per heavy atom. The van der Waals surface area contributed by atoms with E-state index in [-0.39, 0.29) is 25.4 Å². The van der Waals surface area contributed by atoms with Gasteiger partial charge in [-0.15, -0.1) is 0 Å². The monoisotopic (exact) mass is 380 g/mol. The Labute approximate surface area is 139 Å². The summed E-state index contributed by atoms with van der Waals surface area (Å²) < 4.78 is 0.836. The van der Waals surface area contributed by atoms with Gasteiger partial charge in [-0.25, -0.2) is 9.80 Å². The van der Waals surface area contributed by atoms with Crippen LogP contribution in [0, 0.1) is 5.92 Å². The molecule has 0 spiro atoms. The van der Waals surface area contributed by atoms with E-state index in [0.29, 0.717) is 5.69 Å². The number of imide groups is 1. The average Bonchev–Trinajstić information content (AvgIpc) is 3.02. The number of hydrazine groups is 1. The van der Waals surface area contributed by atoms with Crippen molar-refractivity contribution in [2.24, 2.45) is 5.92 Å². The van der Waals surface area contributed by atoms with Crippen molar-refractivity contribution in [1.82, 2.24) is 15.8 Å². The van der Waals surface area contributed by atoms with Crippen molar-refractivity contribution in [2.45, 2.75) is 6.42 Å². The fourth-order valence-electron chi connectivity index (χ4n) is 2.53. The maximum Gasteiger partial charge on any atom is 0.343 e. The third kappa shape index (κ3) is 3.19. The van der Waals surface area contributed by atoms with E-state index in [0.717, 1.165) is 9.48 Å². The summed E-state index contributed by atoms with van der Waals surface area (Å²) in [6, 6.07) is 6.56. The molecule has 23 heavy (non-hydrogen) atoms. The number of hydrogen-bond donors (Lipinski definition) is 2. The van der Waals surface area contributed by atoms with Crippen molar-refractivity contribution in [2.75, 3.05) is 18.0 Å². The normalized spacial score (nSPS) is 20.9. The highest BCUT2D eigenvalue weighted by Crippen LogP contribution is 2.27. The highest BCUT2D eigenvalue weighted by atomic mass is 79.9. The van der Waals surface area contributed by atoms with Crippen LogP contribution in [0.3, 0.4) is 0 Å². The fraction of sp³-hybridized carbons (Fsp3) is 0.286. The quantitative estimate of drug-likeness (QED) is 0.740. The van der Waals surface area contributed by atoms with Crippen molar-refractivity contribution >= 4 is 45.4 Å². The number of urea groups is 1. The van der Waals surface area contributed by atoms with E-state index >= 15 is 0 Å². The Bertz CT molecular complexity index is 708. The molecule has 3 rings (SSSR count). The maximum atomic E-state index is 12.2. The van der Waals surface area contributed by atoms with Crippen molar-refractivity contribution < 1.29 is 19.2 Å². The molecule has 5 amide bonds. The van der Waals surface area contributed by atoms with Crippen LogP contribution in [0.4, 0.5) is 10.5 Å². The van der Waals surface area contributed by atoms with Crippen molar-refractivity contribution in [3.05, 3.63) is 28.7 Å². The van der Waals surface area contributed by atoms with E-state index in [1.807, 2.05) is 6.07 Å². The highest BCUT2D eigenvalue weighted by Gasteiger charge is 2.37. The van der Waals surface area contributed by atoms with Crippen LogP contribution in [-0.4, -0.2) is 41.9 Å². The Kier molecular flexibility index (Phi) is 4.03. The molecule has 1 aromatic rings. The van der Waals surface area contributed by atoms with Crippen LogP contribution in [-0.2, 0) is 14.4 Å². The van der Waals surface area contributed by atoms with E-state index < -0.39 is 23.8 Å². The zero-order valence-electron chi connectivity index (χ0n) is 11.9. The first-order valence-electron chi connectivity index (χ1n) is 6.92. The fourth-order valence-corrected chi connectivity index (χ4v) is 2.92. The minimum atomic E-state index is -0.670. The van der Waals surface area contributed by atoms with Gasteiger partial charge in [-0.1, -0.05) is 22.0 Å². The minimum Gasteiger partial charge on any atom is -0.312 e. The second-order valence-electron chi connectivity index (χ2n) is 5.30. The first kappa shape index (κ1) is 15.5. The van der Waals surface area contributed by atoms with E-state index in [1.54, 1.807) is 18.2 Å². The lowest BCUT2D eigenvalue weighted by atomic mass is 10.1. The predicted octanol–water partition coefficient (Wildman–Crippen LogP) is 0.385.